The average molecular weight is 277 g/mol. The molecule has 0 unspecified atom stereocenters. The maximum Gasteiger partial charge on any atom is 0.323 e. The van der Waals surface area contributed by atoms with Crippen molar-refractivity contribution in [3.63, 3.8) is 0 Å². The molecule has 0 saturated carbocycles. The Morgan fingerprint density at radius 1 is 1.25 bits per heavy atom. The molecule has 8 heteroatoms. The Balaban J connectivity index is 1.98. The van der Waals surface area contributed by atoms with E-state index in [1.165, 1.54) is 0 Å². The Morgan fingerprint density at radius 3 is 2.70 bits per heavy atom. The molecule has 0 aliphatic rings. The molecule has 108 valence electrons. The van der Waals surface area contributed by atoms with E-state index in [1.54, 1.807) is 13.2 Å². The fraction of sp³-hybridized carbons (Fsp3) is 0.500. The molecule has 0 aliphatic heterocycles. The monoisotopic (exact) mass is 277 g/mol. The molecule has 2 heterocycles. The van der Waals surface area contributed by atoms with Crippen LogP contribution in [-0.4, -0.2) is 44.4 Å². The highest BCUT2D eigenvalue weighted by atomic mass is 16.5. The number of rotatable bonds is 7. The molecule has 2 aromatic rings. The van der Waals surface area contributed by atoms with Crippen molar-refractivity contribution in [1.82, 2.24) is 24.7 Å². The summed E-state index contributed by atoms with van der Waals surface area (Å²) in [5, 5.41) is 10.1. The van der Waals surface area contributed by atoms with Crippen molar-refractivity contribution in [3.05, 3.63) is 18.5 Å². The first-order valence-corrected chi connectivity index (χ1v) is 6.49. The minimum absolute atomic E-state index is 0.0130. The number of anilines is 2. The van der Waals surface area contributed by atoms with Crippen molar-refractivity contribution >= 4 is 11.9 Å². The number of aromatic nitrogens is 5. The van der Waals surface area contributed by atoms with E-state index in [0.717, 1.165) is 6.54 Å². The van der Waals surface area contributed by atoms with Gasteiger partial charge in [0.1, 0.15) is 0 Å². The number of nitrogens with zero attached hydrogens (tertiary/aromatic N) is 5. The molecule has 0 saturated heterocycles. The minimum Gasteiger partial charge on any atom is -0.461 e. The molecular weight excluding hydrogens is 258 g/mol. The summed E-state index contributed by atoms with van der Waals surface area (Å²) >= 11 is 0. The van der Waals surface area contributed by atoms with Crippen LogP contribution in [0.3, 0.4) is 0 Å². The van der Waals surface area contributed by atoms with Crippen LogP contribution in [0.2, 0.25) is 0 Å². The summed E-state index contributed by atoms with van der Waals surface area (Å²) in [6.07, 6.45) is 3.66. The first-order chi connectivity index (χ1) is 9.67. The standard InChI is InChI=1S/C12H19N7O/c1-9(2)20-12-17-10(13-3)16-11(18-12)14-6-8-19-7-4-5-15-19/h4-5,7,9H,6,8H2,1-3H3,(H2,13,14,16,17,18). The van der Waals surface area contributed by atoms with Crippen LogP contribution in [0.15, 0.2) is 18.5 Å². The summed E-state index contributed by atoms with van der Waals surface area (Å²) in [6, 6.07) is 2.19. The van der Waals surface area contributed by atoms with Crippen LogP contribution in [0.4, 0.5) is 11.9 Å². The molecule has 0 radical (unpaired) electrons. The van der Waals surface area contributed by atoms with Crippen molar-refractivity contribution in [2.45, 2.75) is 26.5 Å². The Hall–Kier alpha value is -2.38. The van der Waals surface area contributed by atoms with Gasteiger partial charge >= 0.3 is 6.01 Å². The van der Waals surface area contributed by atoms with Gasteiger partial charge in [0.05, 0.1) is 12.6 Å². The molecule has 0 spiro atoms. The summed E-state index contributed by atoms with van der Waals surface area (Å²) in [7, 11) is 1.75. The molecule has 2 rings (SSSR count). The maximum absolute atomic E-state index is 5.49. The van der Waals surface area contributed by atoms with Crippen molar-refractivity contribution in [2.75, 3.05) is 24.2 Å². The zero-order chi connectivity index (χ0) is 14.4. The Labute approximate surface area is 117 Å². The third-order valence-electron chi connectivity index (χ3n) is 2.36. The van der Waals surface area contributed by atoms with Crippen molar-refractivity contribution in [2.24, 2.45) is 0 Å². The molecule has 8 nitrogen and oxygen atoms in total. The summed E-state index contributed by atoms with van der Waals surface area (Å²) < 4.78 is 7.32. The molecule has 0 amide bonds. The van der Waals surface area contributed by atoms with Crippen LogP contribution < -0.4 is 15.4 Å². The van der Waals surface area contributed by atoms with Gasteiger partial charge in [-0.05, 0) is 19.9 Å². The summed E-state index contributed by atoms with van der Waals surface area (Å²) in [6.45, 7) is 5.24. The summed E-state index contributed by atoms with van der Waals surface area (Å²) in [5.41, 5.74) is 0. The quantitative estimate of drug-likeness (QED) is 0.780. The van der Waals surface area contributed by atoms with E-state index >= 15 is 0 Å². The van der Waals surface area contributed by atoms with E-state index in [-0.39, 0.29) is 6.10 Å². The van der Waals surface area contributed by atoms with Gasteiger partial charge in [0.15, 0.2) is 0 Å². The van der Waals surface area contributed by atoms with Crippen molar-refractivity contribution in [1.29, 1.82) is 0 Å². The second kappa shape index (κ2) is 6.69. The van der Waals surface area contributed by atoms with Crippen molar-refractivity contribution < 1.29 is 4.74 Å². The number of hydrogen-bond donors (Lipinski definition) is 2. The van der Waals surface area contributed by atoms with Gasteiger partial charge in [0.2, 0.25) is 11.9 Å². The van der Waals surface area contributed by atoms with E-state index in [1.807, 2.05) is 30.8 Å². The zero-order valence-electron chi connectivity index (χ0n) is 11.9. The van der Waals surface area contributed by atoms with E-state index in [2.05, 4.69) is 30.7 Å². The fourth-order valence-corrected chi connectivity index (χ4v) is 1.53. The highest BCUT2D eigenvalue weighted by molar-refractivity contribution is 5.35. The SMILES string of the molecule is CNc1nc(NCCn2cccn2)nc(OC(C)C)n1. The lowest BCUT2D eigenvalue weighted by atomic mass is 10.5. The molecule has 0 aromatic carbocycles. The van der Waals surface area contributed by atoms with Crippen LogP contribution >= 0.6 is 0 Å². The predicted molar refractivity (Wildman–Crippen MR) is 75.9 cm³/mol. The summed E-state index contributed by atoms with van der Waals surface area (Å²) in [5.74, 6) is 0.949. The van der Waals surface area contributed by atoms with E-state index in [4.69, 9.17) is 4.74 Å². The lowest BCUT2D eigenvalue weighted by Crippen LogP contribution is -2.15. The highest BCUT2D eigenvalue weighted by Crippen LogP contribution is 2.11. The van der Waals surface area contributed by atoms with Crippen LogP contribution in [0.1, 0.15) is 13.8 Å². The second-order valence-electron chi connectivity index (χ2n) is 4.38. The van der Waals surface area contributed by atoms with Gasteiger partial charge in [-0.1, -0.05) is 0 Å². The smallest absolute Gasteiger partial charge is 0.323 e. The number of nitrogens with one attached hydrogen (secondary N) is 2. The van der Waals surface area contributed by atoms with Crippen LogP contribution in [0.25, 0.3) is 0 Å². The molecule has 0 aliphatic carbocycles. The second-order valence-corrected chi connectivity index (χ2v) is 4.38. The fourth-order valence-electron chi connectivity index (χ4n) is 1.53. The van der Waals surface area contributed by atoms with E-state index in [0.29, 0.717) is 24.5 Å². The van der Waals surface area contributed by atoms with Gasteiger partial charge in [0, 0.05) is 26.0 Å². The molecule has 0 bridgehead atoms. The van der Waals surface area contributed by atoms with E-state index in [9.17, 15) is 0 Å². The van der Waals surface area contributed by atoms with Crippen LogP contribution in [0.5, 0.6) is 6.01 Å². The van der Waals surface area contributed by atoms with E-state index < -0.39 is 0 Å². The third-order valence-corrected chi connectivity index (χ3v) is 2.36. The molecule has 2 aromatic heterocycles. The minimum atomic E-state index is 0.0130. The Morgan fingerprint density at radius 2 is 2.05 bits per heavy atom. The largest absolute Gasteiger partial charge is 0.461 e. The highest BCUT2D eigenvalue weighted by Gasteiger charge is 2.07. The third kappa shape index (κ3) is 4.08. The zero-order valence-corrected chi connectivity index (χ0v) is 11.9. The maximum atomic E-state index is 5.49. The molecule has 0 atom stereocenters. The van der Waals surface area contributed by atoms with Gasteiger partial charge in [0.25, 0.3) is 0 Å². The van der Waals surface area contributed by atoms with Crippen LogP contribution in [0, 0.1) is 0 Å². The molecular formula is C12H19N7O. The van der Waals surface area contributed by atoms with Crippen molar-refractivity contribution in [3.8, 4) is 6.01 Å². The van der Waals surface area contributed by atoms with Gasteiger partial charge < -0.3 is 15.4 Å². The van der Waals surface area contributed by atoms with Gasteiger partial charge in [-0.3, -0.25) is 4.68 Å². The molecule has 20 heavy (non-hydrogen) atoms. The lowest BCUT2D eigenvalue weighted by Gasteiger charge is -2.11. The number of ether oxygens (including phenoxy) is 1. The van der Waals surface area contributed by atoms with Gasteiger partial charge in [-0.15, -0.1) is 0 Å². The first-order valence-electron chi connectivity index (χ1n) is 6.49. The number of hydrogen-bond acceptors (Lipinski definition) is 7. The average Bonchev–Trinajstić information content (AvgIpc) is 2.91. The topological polar surface area (TPSA) is 89.8 Å². The summed E-state index contributed by atoms with van der Waals surface area (Å²) in [4.78, 5) is 12.6. The normalized spacial score (nSPS) is 10.6. The molecule has 2 N–H and O–H groups in total. The molecule has 0 fully saturated rings. The van der Waals surface area contributed by atoms with Gasteiger partial charge in [-0.25, -0.2) is 0 Å². The first kappa shape index (κ1) is 14.0. The van der Waals surface area contributed by atoms with Gasteiger partial charge in [-0.2, -0.15) is 20.1 Å². The Kier molecular flexibility index (Phi) is 4.70. The predicted octanol–water partition coefficient (Wildman–Crippen LogP) is 1.01. The van der Waals surface area contributed by atoms with Crippen LogP contribution in [-0.2, 0) is 6.54 Å². The lowest BCUT2D eigenvalue weighted by molar-refractivity contribution is 0.222. The Bertz CT molecular complexity index is 527.